The van der Waals surface area contributed by atoms with Crippen LogP contribution in [0.15, 0.2) is 48.5 Å². The maximum atomic E-state index is 11.2. The van der Waals surface area contributed by atoms with Crippen molar-refractivity contribution in [2.45, 2.75) is 51.5 Å². The van der Waals surface area contributed by atoms with Crippen LogP contribution in [0.1, 0.15) is 61.9 Å². The molecule has 0 spiro atoms. The Hall–Kier alpha value is -2.60. The van der Waals surface area contributed by atoms with Gasteiger partial charge in [0.15, 0.2) is 0 Å². The number of H-pyrrole nitrogens is 1. The summed E-state index contributed by atoms with van der Waals surface area (Å²) in [7, 11) is 0. The van der Waals surface area contributed by atoms with Crippen LogP contribution in [-0.4, -0.2) is 34.1 Å². The quantitative estimate of drug-likeness (QED) is 0.245. The fourth-order valence-electron chi connectivity index (χ4n) is 4.86. The van der Waals surface area contributed by atoms with Crippen molar-refractivity contribution in [1.82, 2.24) is 15.4 Å². The van der Waals surface area contributed by atoms with Gasteiger partial charge in [-0.1, -0.05) is 62.7 Å². The summed E-state index contributed by atoms with van der Waals surface area (Å²) in [5.74, 6) is -0.0939. The fourth-order valence-corrected chi connectivity index (χ4v) is 5.11. The third-order valence-electron chi connectivity index (χ3n) is 6.42. The molecule has 2 heterocycles. The Balaban J connectivity index is 1.55. The summed E-state index contributed by atoms with van der Waals surface area (Å²) < 4.78 is 0. The molecule has 1 atom stereocenters. The van der Waals surface area contributed by atoms with E-state index in [2.05, 4.69) is 54.9 Å². The van der Waals surface area contributed by atoms with Gasteiger partial charge in [0.2, 0.25) is 0 Å². The Labute approximate surface area is 200 Å². The largest absolute Gasteiger partial charge is 0.358 e. The molecule has 1 amide bonds. The van der Waals surface area contributed by atoms with Crippen molar-refractivity contribution < 1.29 is 10.0 Å². The first kappa shape index (κ1) is 23.6. The number of halogens is 1. The zero-order valence-corrected chi connectivity index (χ0v) is 20.2. The van der Waals surface area contributed by atoms with Gasteiger partial charge in [-0.3, -0.25) is 14.9 Å². The zero-order chi connectivity index (χ0) is 23.6. The summed E-state index contributed by atoms with van der Waals surface area (Å²) >= 11 is 6.58. The predicted molar refractivity (Wildman–Crippen MR) is 135 cm³/mol. The lowest BCUT2D eigenvalue weighted by Gasteiger charge is -2.34. The number of aromatic nitrogens is 1. The zero-order valence-electron chi connectivity index (χ0n) is 19.5. The Bertz CT molecular complexity index is 1180. The summed E-state index contributed by atoms with van der Waals surface area (Å²) in [6.07, 6.45) is 5.24. The molecule has 2 aromatic carbocycles. The van der Waals surface area contributed by atoms with Crippen molar-refractivity contribution in [1.29, 1.82) is 0 Å². The SMILES string of the molecule is CC(C)(C)c1[nH]c2ccccc2c1C1CCCN(Cc2ccc(/C=C/C(=O)NO)cc2Cl)C1. The molecule has 0 aliphatic carbocycles. The predicted octanol–water partition coefficient (Wildman–Crippen LogP) is 6.02. The highest BCUT2D eigenvalue weighted by Crippen LogP contribution is 2.40. The molecule has 1 saturated heterocycles. The van der Waals surface area contributed by atoms with Gasteiger partial charge < -0.3 is 4.98 Å². The van der Waals surface area contributed by atoms with E-state index in [1.807, 2.05) is 18.2 Å². The van der Waals surface area contributed by atoms with E-state index in [-0.39, 0.29) is 5.41 Å². The van der Waals surface area contributed by atoms with Gasteiger partial charge in [0, 0.05) is 46.2 Å². The molecule has 174 valence electrons. The van der Waals surface area contributed by atoms with E-state index in [1.165, 1.54) is 34.7 Å². The fraction of sp³-hybridized carbons (Fsp3) is 0.370. The van der Waals surface area contributed by atoms with E-state index >= 15 is 0 Å². The number of rotatable bonds is 5. The first-order valence-electron chi connectivity index (χ1n) is 11.5. The lowest BCUT2D eigenvalue weighted by atomic mass is 9.81. The first-order valence-corrected chi connectivity index (χ1v) is 11.9. The van der Waals surface area contributed by atoms with Crippen LogP contribution in [-0.2, 0) is 16.8 Å². The topological polar surface area (TPSA) is 68.4 Å². The number of nitrogens with one attached hydrogen (secondary N) is 2. The van der Waals surface area contributed by atoms with Crippen LogP contribution in [0.4, 0.5) is 0 Å². The molecule has 6 heteroatoms. The number of piperidine rings is 1. The van der Waals surface area contributed by atoms with E-state index in [0.717, 1.165) is 37.2 Å². The second kappa shape index (κ2) is 9.72. The number of carbonyl (C=O) groups excluding carboxylic acids is 1. The van der Waals surface area contributed by atoms with Gasteiger partial charge in [0.25, 0.3) is 5.91 Å². The highest BCUT2D eigenvalue weighted by Gasteiger charge is 2.30. The molecule has 3 N–H and O–H groups in total. The van der Waals surface area contributed by atoms with Gasteiger partial charge in [-0.15, -0.1) is 0 Å². The average Bonchev–Trinajstić information content (AvgIpc) is 3.19. The molecule has 5 nitrogen and oxygen atoms in total. The summed E-state index contributed by atoms with van der Waals surface area (Å²) in [5.41, 5.74) is 7.57. The van der Waals surface area contributed by atoms with Crippen molar-refractivity contribution in [3.05, 3.63) is 75.9 Å². The molecule has 1 unspecified atom stereocenters. The van der Waals surface area contributed by atoms with Crippen molar-refractivity contribution in [3.63, 3.8) is 0 Å². The third-order valence-corrected chi connectivity index (χ3v) is 6.77. The molecule has 0 bridgehead atoms. The molecule has 33 heavy (non-hydrogen) atoms. The molecule has 1 aromatic heterocycles. The lowest BCUT2D eigenvalue weighted by molar-refractivity contribution is -0.124. The number of aromatic amines is 1. The van der Waals surface area contributed by atoms with Gasteiger partial charge in [-0.25, -0.2) is 5.48 Å². The third kappa shape index (κ3) is 5.32. The number of amides is 1. The summed E-state index contributed by atoms with van der Waals surface area (Å²) in [6.45, 7) is 9.69. The molecule has 4 rings (SSSR count). The minimum Gasteiger partial charge on any atom is -0.358 e. The van der Waals surface area contributed by atoms with E-state index in [9.17, 15) is 4.79 Å². The number of nitrogens with zero attached hydrogens (tertiary/aromatic N) is 1. The molecule has 0 saturated carbocycles. The highest BCUT2D eigenvalue weighted by atomic mass is 35.5. The number of benzene rings is 2. The van der Waals surface area contributed by atoms with E-state index in [1.54, 1.807) is 11.6 Å². The molecular weight excluding hydrogens is 434 g/mol. The minimum absolute atomic E-state index is 0.0518. The number of hydrogen-bond acceptors (Lipinski definition) is 3. The van der Waals surface area contributed by atoms with E-state index in [4.69, 9.17) is 16.8 Å². The second-order valence-corrected chi connectivity index (χ2v) is 10.4. The highest BCUT2D eigenvalue weighted by molar-refractivity contribution is 6.31. The normalized spacial score (nSPS) is 17.7. The first-order chi connectivity index (χ1) is 15.8. The van der Waals surface area contributed by atoms with Crippen molar-refractivity contribution in [3.8, 4) is 0 Å². The number of hydrogen-bond donors (Lipinski definition) is 3. The van der Waals surface area contributed by atoms with Gasteiger partial charge in [0.1, 0.15) is 0 Å². The maximum Gasteiger partial charge on any atom is 0.267 e. The second-order valence-electron chi connectivity index (χ2n) is 9.94. The van der Waals surface area contributed by atoms with Crippen molar-refractivity contribution in [2.24, 2.45) is 0 Å². The van der Waals surface area contributed by atoms with Crippen LogP contribution in [0.5, 0.6) is 0 Å². The molecular formula is C27H32ClN3O2. The standard InChI is InChI=1S/C27H32ClN3O2/c1-27(2,3)26-25(21-8-4-5-9-23(21)29-26)20-7-6-14-31(17-20)16-19-12-10-18(15-22(19)28)11-13-24(32)30-33/h4-5,8-13,15,20,29,33H,6-7,14,16-17H2,1-3H3,(H,30,32)/b13-11+. The maximum absolute atomic E-state index is 11.2. The van der Waals surface area contributed by atoms with Gasteiger partial charge in [-0.2, -0.15) is 0 Å². The number of carbonyl (C=O) groups is 1. The molecule has 1 aliphatic rings. The number of para-hydroxylation sites is 1. The van der Waals surface area contributed by atoms with Crippen LogP contribution in [0.3, 0.4) is 0 Å². The number of fused-ring (bicyclic) bond motifs is 1. The Kier molecular flexibility index (Phi) is 6.94. The van der Waals surface area contributed by atoms with Gasteiger partial charge >= 0.3 is 0 Å². The van der Waals surface area contributed by atoms with Crippen LogP contribution in [0.2, 0.25) is 5.02 Å². The number of hydroxylamine groups is 1. The Morgan fingerprint density at radius 2 is 2.06 bits per heavy atom. The molecule has 3 aromatic rings. The molecule has 0 radical (unpaired) electrons. The summed E-state index contributed by atoms with van der Waals surface area (Å²) in [6, 6.07) is 14.5. The van der Waals surface area contributed by atoms with Crippen molar-refractivity contribution >= 4 is 34.5 Å². The van der Waals surface area contributed by atoms with Crippen molar-refractivity contribution in [2.75, 3.05) is 13.1 Å². The smallest absolute Gasteiger partial charge is 0.267 e. The summed E-state index contributed by atoms with van der Waals surface area (Å²) in [5, 5.41) is 10.6. The van der Waals surface area contributed by atoms with Gasteiger partial charge in [-0.05, 0) is 60.2 Å². The Morgan fingerprint density at radius 3 is 2.79 bits per heavy atom. The van der Waals surface area contributed by atoms with Crippen LogP contribution >= 0.6 is 11.6 Å². The number of likely N-dealkylation sites (tertiary alicyclic amines) is 1. The summed E-state index contributed by atoms with van der Waals surface area (Å²) in [4.78, 5) is 17.4. The molecule has 1 aliphatic heterocycles. The molecule has 1 fully saturated rings. The van der Waals surface area contributed by atoms with Gasteiger partial charge in [0.05, 0.1) is 0 Å². The van der Waals surface area contributed by atoms with E-state index in [0.29, 0.717) is 10.9 Å². The Morgan fingerprint density at radius 1 is 1.27 bits per heavy atom. The van der Waals surface area contributed by atoms with E-state index < -0.39 is 5.91 Å². The lowest BCUT2D eigenvalue weighted by Crippen LogP contribution is -2.34. The monoisotopic (exact) mass is 465 g/mol. The van der Waals surface area contributed by atoms with Crippen LogP contribution in [0, 0.1) is 0 Å². The average molecular weight is 466 g/mol. The van der Waals surface area contributed by atoms with Crippen LogP contribution in [0.25, 0.3) is 17.0 Å². The van der Waals surface area contributed by atoms with Crippen LogP contribution < -0.4 is 5.48 Å². The minimum atomic E-state index is -0.568.